The first-order chi connectivity index (χ1) is 9.97. The van der Waals surface area contributed by atoms with Crippen molar-refractivity contribution in [1.82, 2.24) is 0 Å². The Bertz CT molecular complexity index is 558. The maximum Gasteiger partial charge on any atom is 0.274 e. The molecule has 0 bridgehead atoms. The highest BCUT2D eigenvalue weighted by atomic mass is 19.1. The number of carbonyl (C=O) groups excluding carboxylic acids is 1. The van der Waals surface area contributed by atoms with Crippen LogP contribution in [0.25, 0.3) is 0 Å². The third-order valence-electron chi connectivity index (χ3n) is 3.67. The predicted octanol–water partition coefficient (Wildman–Crippen LogP) is 1.43. The summed E-state index contributed by atoms with van der Waals surface area (Å²) in [5.41, 5.74) is 4.55. The molecule has 0 spiro atoms. The van der Waals surface area contributed by atoms with Gasteiger partial charge in [0, 0.05) is 25.8 Å². The van der Waals surface area contributed by atoms with Crippen LogP contribution in [0, 0.1) is 21.3 Å². The van der Waals surface area contributed by atoms with Gasteiger partial charge in [0.15, 0.2) is 0 Å². The van der Waals surface area contributed by atoms with Crippen molar-refractivity contribution in [1.29, 1.82) is 0 Å². The second-order valence-electron chi connectivity index (χ2n) is 5.01. The quantitative estimate of drug-likeness (QED) is 0.645. The molecule has 3 N–H and O–H groups in total. The summed E-state index contributed by atoms with van der Waals surface area (Å²) in [5, 5.41) is 13.2. The molecule has 0 atom stereocenters. The lowest BCUT2D eigenvalue weighted by molar-refractivity contribution is -0.385. The molecule has 21 heavy (non-hydrogen) atoms. The average molecular weight is 297 g/mol. The second-order valence-corrected chi connectivity index (χ2v) is 5.01. The van der Waals surface area contributed by atoms with Crippen LogP contribution in [0.3, 0.4) is 0 Å². The van der Waals surface area contributed by atoms with Crippen molar-refractivity contribution in [3.63, 3.8) is 0 Å². The van der Waals surface area contributed by atoms with E-state index in [2.05, 4.69) is 5.32 Å². The summed E-state index contributed by atoms with van der Waals surface area (Å²) >= 11 is 0. The average Bonchev–Trinajstić information content (AvgIpc) is 2.47. The minimum absolute atomic E-state index is 0.0472. The van der Waals surface area contributed by atoms with E-state index in [-0.39, 0.29) is 18.1 Å². The van der Waals surface area contributed by atoms with Crippen molar-refractivity contribution < 1.29 is 18.8 Å². The number of nitrogens with zero attached hydrogens (tertiary/aromatic N) is 1. The van der Waals surface area contributed by atoms with Gasteiger partial charge in [-0.25, -0.2) is 4.39 Å². The highest BCUT2D eigenvalue weighted by molar-refractivity contribution is 5.95. The van der Waals surface area contributed by atoms with Crippen LogP contribution < -0.4 is 11.1 Å². The van der Waals surface area contributed by atoms with E-state index >= 15 is 0 Å². The number of rotatable bonds is 4. The Kier molecular flexibility index (Phi) is 4.49. The Balaban J connectivity index is 2.20. The zero-order valence-electron chi connectivity index (χ0n) is 11.3. The SMILES string of the molecule is NCC1(C(=O)Nc2cc(F)cc([N+](=O)[O-])c2)CCOCC1. The van der Waals surface area contributed by atoms with E-state index in [9.17, 15) is 19.3 Å². The van der Waals surface area contributed by atoms with Crippen LogP contribution >= 0.6 is 0 Å². The van der Waals surface area contributed by atoms with Crippen LogP contribution in [0.1, 0.15) is 12.8 Å². The fourth-order valence-electron chi connectivity index (χ4n) is 2.30. The summed E-state index contributed by atoms with van der Waals surface area (Å²) in [7, 11) is 0. The van der Waals surface area contributed by atoms with Crippen molar-refractivity contribution in [2.75, 3.05) is 25.1 Å². The first-order valence-corrected chi connectivity index (χ1v) is 6.51. The largest absolute Gasteiger partial charge is 0.381 e. The summed E-state index contributed by atoms with van der Waals surface area (Å²) in [4.78, 5) is 22.4. The van der Waals surface area contributed by atoms with E-state index in [1.54, 1.807) is 0 Å². The van der Waals surface area contributed by atoms with Crippen LogP contribution in [-0.2, 0) is 9.53 Å². The Morgan fingerprint density at radius 1 is 1.43 bits per heavy atom. The molecule has 0 radical (unpaired) electrons. The number of benzene rings is 1. The van der Waals surface area contributed by atoms with Gasteiger partial charge in [-0.05, 0) is 18.9 Å². The van der Waals surface area contributed by atoms with Crippen LogP contribution in [0.4, 0.5) is 15.8 Å². The summed E-state index contributed by atoms with van der Waals surface area (Å²) in [6.07, 6.45) is 0.930. The van der Waals surface area contributed by atoms with Crippen LogP contribution in [0.15, 0.2) is 18.2 Å². The number of hydrogen-bond donors (Lipinski definition) is 2. The minimum Gasteiger partial charge on any atom is -0.381 e. The standard InChI is InChI=1S/C13H16FN3O4/c14-9-5-10(7-11(6-9)17(19)20)16-12(18)13(8-15)1-3-21-4-2-13/h5-7H,1-4,8,15H2,(H,16,18). The first-order valence-electron chi connectivity index (χ1n) is 6.51. The maximum atomic E-state index is 13.4. The Hall–Kier alpha value is -2.06. The third kappa shape index (κ3) is 3.34. The molecular formula is C13H16FN3O4. The number of ether oxygens (including phenoxy) is 1. The fourth-order valence-corrected chi connectivity index (χ4v) is 2.30. The molecule has 0 saturated carbocycles. The lowest BCUT2D eigenvalue weighted by Gasteiger charge is -2.34. The number of amides is 1. The van der Waals surface area contributed by atoms with Gasteiger partial charge in [0.2, 0.25) is 5.91 Å². The maximum absolute atomic E-state index is 13.4. The Morgan fingerprint density at radius 2 is 2.10 bits per heavy atom. The molecular weight excluding hydrogens is 281 g/mol. The van der Waals surface area contributed by atoms with E-state index in [1.165, 1.54) is 0 Å². The minimum atomic E-state index is -0.784. The number of carbonyl (C=O) groups is 1. The number of halogens is 1. The number of nitrogens with two attached hydrogens (primary N) is 1. The summed E-state index contributed by atoms with van der Waals surface area (Å²) in [6, 6.07) is 2.95. The van der Waals surface area contributed by atoms with E-state index in [1.807, 2.05) is 0 Å². The molecule has 1 aliphatic heterocycles. The molecule has 1 heterocycles. The summed E-state index contributed by atoms with van der Waals surface area (Å²) in [6.45, 7) is 0.988. The van der Waals surface area contributed by atoms with Gasteiger partial charge in [-0.15, -0.1) is 0 Å². The lowest BCUT2D eigenvalue weighted by atomic mass is 9.79. The smallest absolute Gasteiger partial charge is 0.274 e. The number of non-ortho nitro benzene ring substituents is 1. The van der Waals surface area contributed by atoms with Crippen LogP contribution in [0.2, 0.25) is 0 Å². The van der Waals surface area contributed by atoms with E-state index in [0.717, 1.165) is 18.2 Å². The van der Waals surface area contributed by atoms with Crippen molar-refractivity contribution in [2.45, 2.75) is 12.8 Å². The topological polar surface area (TPSA) is 107 Å². The zero-order chi connectivity index (χ0) is 15.5. The molecule has 8 heteroatoms. The van der Waals surface area contributed by atoms with Crippen molar-refractivity contribution in [3.8, 4) is 0 Å². The zero-order valence-corrected chi connectivity index (χ0v) is 11.3. The molecule has 7 nitrogen and oxygen atoms in total. The van der Waals surface area contributed by atoms with Gasteiger partial charge in [-0.3, -0.25) is 14.9 Å². The predicted molar refractivity (Wildman–Crippen MR) is 73.2 cm³/mol. The van der Waals surface area contributed by atoms with Crippen molar-refractivity contribution in [3.05, 3.63) is 34.1 Å². The number of anilines is 1. The molecule has 114 valence electrons. The molecule has 1 aliphatic rings. The molecule has 1 aromatic rings. The van der Waals surface area contributed by atoms with Crippen molar-refractivity contribution >= 4 is 17.3 Å². The highest BCUT2D eigenvalue weighted by Crippen LogP contribution is 2.31. The molecule has 1 amide bonds. The number of nitro benzene ring substituents is 1. The Labute approximate surface area is 120 Å². The second kappa shape index (κ2) is 6.15. The molecule has 1 saturated heterocycles. The third-order valence-corrected chi connectivity index (χ3v) is 3.67. The molecule has 1 aromatic carbocycles. The van der Waals surface area contributed by atoms with Gasteiger partial charge in [0.05, 0.1) is 22.1 Å². The van der Waals surface area contributed by atoms with Gasteiger partial charge in [0.25, 0.3) is 5.69 Å². The van der Waals surface area contributed by atoms with Crippen LogP contribution in [-0.4, -0.2) is 30.6 Å². The van der Waals surface area contributed by atoms with Gasteiger partial charge < -0.3 is 15.8 Å². The van der Waals surface area contributed by atoms with E-state index in [4.69, 9.17) is 10.5 Å². The van der Waals surface area contributed by atoms with Gasteiger partial charge in [0.1, 0.15) is 5.82 Å². The molecule has 1 fully saturated rings. The highest BCUT2D eigenvalue weighted by Gasteiger charge is 2.38. The summed E-state index contributed by atoms with van der Waals surface area (Å²) in [5.74, 6) is -1.15. The number of nitrogens with one attached hydrogen (secondary N) is 1. The van der Waals surface area contributed by atoms with Gasteiger partial charge in [-0.1, -0.05) is 0 Å². The van der Waals surface area contributed by atoms with Crippen LogP contribution in [0.5, 0.6) is 0 Å². The number of nitro groups is 1. The number of hydrogen-bond acceptors (Lipinski definition) is 5. The van der Waals surface area contributed by atoms with E-state index in [0.29, 0.717) is 26.1 Å². The lowest BCUT2D eigenvalue weighted by Crippen LogP contribution is -2.46. The fraction of sp³-hybridized carbons (Fsp3) is 0.462. The monoisotopic (exact) mass is 297 g/mol. The Morgan fingerprint density at radius 3 is 2.67 bits per heavy atom. The van der Waals surface area contributed by atoms with Crippen molar-refractivity contribution in [2.24, 2.45) is 11.1 Å². The molecule has 0 aromatic heterocycles. The normalized spacial score (nSPS) is 17.2. The van der Waals surface area contributed by atoms with Gasteiger partial charge >= 0.3 is 0 Å². The molecule has 0 aliphatic carbocycles. The molecule has 2 rings (SSSR count). The summed E-state index contributed by atoms with van der Waals surface area (Å²) < 4.78 is 18.6. The van der Waals surface area contributed by atoms with E-state index < -0.39 is 21.8 Å². The molecule has 0 unspecified atom stereocenters. The first kappa shape index (κ1) is 15.3. The van der Waals surface area contributed by atoms with Gasteiger partial charge in [-0.2, -0.15) is 0 Å².